The number of nitrogens with one attached hydrogen (secondary N) is 2. The van der Waals surface area contributed by atoms with Gasteiger partial charge in [-0.3, -0.25) is 14.8 Å². The molecule has 0 spiro atoms. The van der Waals surface area contributed by atoms with E-state index in [2.05, 4.69) is 17.0 Å². The summed E-state index contributed by atoms with van der Waals surface area (Å²) < 4.78 is 6.72. The lowest BCUT2D eigenvalue weighted by molar-refractivity contribution is -0.143. The number of nitrogens with zero attached hydrogens (tertiary/aromatic N) is 2. The van der Waals surface area contributed by atoms with Gasteiger partial charge in [0, 0.05) is 29.9 Å². The Morgan fingerprint density at radius 3 is 2.42 bits per heavy atom. The van der Waals surface area contributed by atoms with Crippen LogP contribution < -0.4 is 10.6 Å². The molecule has 168 valence electrons. The summed E-state index contributed by atoms with van der Waals surface area (Å²) in [5.74, 6) is -1.45. The molecule has 2 N–H and O–H groups in total. The third-order valence-electron chi connectivity index (χ3n) is 4.43. The Morgan fingerprint density at radius 1 is 1.03 bits per heavy atom. The highest BCUT2D eigenvalue weighted by molar-refractivity contribution is 5.96. The van der Waals surface area contributed by atoms with Crippen LogP contribution in [0.15, 0.2) is 85.6 Å². The first-order valence-electron chi connectivity index (χ1n) is 10.3. The largest absolute Gasteiger partial charge is 0.452 e. The SMILES string of the molecule is C=CCNC(=O)NC(=O)COC(=O)/C=C/c1cn(Cc2ccccc2)nc1-c1ccccc1. The molecule has 1 aromatic heterocycles. The van der Waals surface area contributed by atoms with E-state index in [9.17, 15) is 14.4 Å². The summed E-state index contributed by atoms with van der Waals surface area (Å²) >= 11 is 0. The van der Waals surface area contributed by atoms with Crippen LogP contribution in [0.5, 0.6) is 0 Å². The Morgan fingerprint density at radius 2 is 1.73 bits per heavy atom. The Hall–Kier alpha value is -4.46. The fourth-order valence-corrected chi connectivity index (χ4v) is 2.94. The summed E-state index contributed by atoms with van der Waals surface area (Å²) in [5.41, 5.74) is 3.44. The Balaban J connectivity index is 1.67. The molecule has 0 atom stereocenters. The van der Waals surface area contributed by atoms with E-state index in [1.54, 1.807) is 10.8 Å². The van der Waals surface area contributed by atoms with Crippen LogP contribution in [0.2, 0.25) is 0 Å². The summed E-state index contributed by atoms with van der Waals surface area (Å²) in [6.45, 7) is 3.66. The molecule has 2 aromatic carbocycles. The van der Waals surface area contributed by atoms with Gasteiger partial charge in [0.25, 0.3) is 5.91 Å². The fourth-order valence-electron chi connectivity index (χ4n) is 2.94. The lowest BCUT2D eigenvalue weighted by Gasteiger charge is -2.04. The monoisotopic (exact) mass is 444 g/mol. The molecular formula is C25H24N4O4. The molecule has 0 aliphatic rings. The molecule has 3 rings (SSSR count). The fraction of sp³-hybridized carbons (Fsp3) is 0.120. The zero-order chi connectivity index (χ0) is 23.5. The van der Waals surface area contributed by atoms with Gasteiger partial charge in [-0.1, -0.05) is 66.7 Å². The van der Waals surface area contributed by atoms with Crippen LogP contribution in [0.4, 0.5) is 4.79 Å². The first-order valence-corrected chi connectivity index (χ1v) is 10.3. The minimum absolute atomic E-state index is 0.212. The molecule has 0 aliphatic heterocycles. The standard InChI is InChI=1S/C25H24N4O4/c1-2-15-26-25(32)27-22(30)18-33-23(31)14-13-21-17-29(16-19-9-5-3-6-10-19)28-24(21)20-11-7-4-8-12-20/h2-14,17H,1,15-16,18H2,(H2,26,27,30,32)/b14-13+. The number of carbonyl (C=O) groups is 3. The second-order valence-corrected chi connectivity index (χ2v) is 6.97. The molecule has 1 heterocycles. The molecule has 0 aliphatic carbocycles. The zero-order valence-electron chi connectivity index (χ0n) is 17.9. The lowest BCUT2D eigenvalue weighted by atomic mass is 10.1. The summed E-state index contributed by atoms with van der Waals surface area (Å²) in [6, 6.07) is 18.8. The number of esters is 1. The first kappa shape index (κ1) is 23.2. The second kappa shape index (κ2) is 11.8. The van der Waals surface area contributed by atoms with E-state index < -0.39 is 24.5 Å². The van der Waals surface area contributed by atoms with Gasteiger partial charge < -0.3 is 10.1 Å². The number of ether oxygens (including phenoxy) is 1. The number of aromatic nitrogens is 2. The molecule has 0 unspecified atom stereocenters. The maximum atomic E-state index is 12.1. The van der Waals surface area contributed by atoms with Gasteiger partial charge in [0.1, 0.15) is 0 Å². The number of urea groups is 1. The Kier molecular flexibility index (Phi) is 8.30. The molecule has 0 bridgehead atoms. The molecule has 0 fully saturated rings. The zero-order valence-corrected chi connectivity index (χ0v) is 17.9. The Bertz CT molecular complexity index is 1140. The maximum absolute atomic E-state index is 12.1. The van der Waals surface area contributed by atoms with Crippen molar-refractivity contribution in [2.45, 2.75) is 6.54 Å². The number of hydrogen-bond donors (Lipinski definition) is 2. The van der Waals surface area contributed by atoms with E-state index in [0.717, 1.165) is 16.7 Å². The topological polar surface area (TPSA) is 102 Å². The van der Waals surface area contributed by atoms with Gasteiger partial charge in [0.15, 0.2) is 6.61 Å². The third-order valence-corrected chi connectivity index (χ3v) is 4.43. The van der Waals surface area contributed by atoms with Gasteiger partial charge >= 0.3 is 12.0 Å². The quantitative estimate of drug-likeness (QED) is 0.300. The molecule has 0 saturated heterocycles. The van der Waals surface area contributed by atoms with E-state index >= 15 is 0 Å². The van der Waals surface area contributed by atoms with Crippen molar-refractivity contribution in [3.05, 3.63) is 96.7 Å². The minimum Gasteiger partial charge on any atom is -0.452 e. The van der Waals surface area contributed by atoms with Crippen LogP contribution in [-0.4, -0.2) is 40.8 Å². The van der Waals surface area contributed by atoms with Gasteiger partial charge in [-0.15, -0.1) is 6.58 Å². The average molecular weight is 444 g/mol. The van der Waals surface area contributed by atoms with Crippen LogP contribution in [0, 0.1) is 0 Å². The normalized spacial score (nSPS) is 10.5. The van der Waals surface area contributed by atoms with Crippen LogP contribution in [0.25, 0.3) is 17.3 Å². The van der Waals surface area contributed by atoms with Crippen molar-refractivity contribution < 1.29 is 19.1 Å². The van der Waals surface area contributed by atoms with Crippen LogP contribution >= 0.6 is 0 Å². The predicted molar refractivity (Wildman–Crippen MR) is 125 cm³/mol. The highest BCUT2D eigenvalue weighted by Crippen LogP contribution is 2.23. The summed E-state index contributed by atoms with van der Waals surface area (Å²) in [5, 5.41) is 9.12. The molecule has 33 heavy (non-hydrogen) atoms. The van der Waals surface area contributed by atoms with Gasteiger partial charge in [-0.2, -0.15) is 5.10 Å². The van der Waals surface area contributed by atoms with Crippen molar-refractivity contribution in [1.29, 1.82) is 0 Å². The number of amides is 3. The van der Waals surface area contributed by atoms with Crippen molar-refractivity contribution in [3.8, 4) is 11.3 Å². The third kappa shape index (κ3) is 7.32. The highest BCUT2D eigenvalue weighted by Gasteiger charge is 2.12. The number of carbonyl (C=O) groups excluding carboxylic acids is 3. The highest BCUT2D eigenvalue weighted by atomic mass is 16.5. The first-order chi connectivity index (χ1) is 16.0. The summed E-state index contributed by atoms with van der Waals surface area (Å²) in [7, 11) is 0. The van der Waals surface area contributed by atoms with E-state index in [0.29, 0.717) is 12.2 Å². The molecule has 3 amide bonds. The molecule has 3 aromatic rings. The molecule has 0 radical (unpaired) electrons. The molecule has 8 nitrogen and oxygen atoms in total. The van der Waals surface area contributed by atoms with E-state index in [4.69, 9.17) is 4.74 Å². The van der Waals surface area contributed by atoms with Crippen molar-refractivity contribution in [2.24, 2.45) is 0 Å². The molecule has 0 saturated carbocycles. The summed E-state index contributed by atoms with van der Waals surface area (Å²) in [4.78, 5) is 35.2. The van der Waals surface area contributed by atoms with Gasteiger partial charge in [0.2, 0.25) is 0 Å². The second-order valence-electron chi connectivity index (χ2n) is 6.97. The number of hydrogen-bond acceptors (Lipinski definition) is 5. The van der Waals surface area contributed by atoms with Gasteiger partial charge in [-0.05, 0) is 11.6 Å². The smallest absolute Gasteiger partial charge is 0.331 e. The van der Waals surface area contributed by atoms with Crippen molar-refractivity contribution in [2.75, 3.05) is 13.2 Å². The van der Waals surface area contributed by atoms with E-state index in [1.165, 1.54) is 12.2 Å². The number of benzene rings is 2. The van der Waals surface area contributed by atoms with Crippen LogP contribution in [0.3, 0.4) is 0 Å². The average Bonchev–Trinajstić information content (AvgIpc) is 3.23. The summed E-state index contributed by atoms with van der Waals surface area (Å²) in [6.07, 6.45) is 6.13. The van der Waals surface area contributed by atoms with E-state index in [-0.39, 0.29) is 6.54 Å². The number of rotatable bonds is 9. The van der Waals surface area contributed by atoms with Gasteiger partial charge in [0.05, 0.1) is 12.2 Å². The molecule has 8 heteroatoms. The number of imide groups is 1. The van der Waals surface area contributed by atoms with Crippen LogP contribution in [0.1, 0.15) is 11.1 Å². The maximum Gasteiger partial charge on any atom is 0.331 e. The molecular weight excluding hydrogens is 420 g/mol. The van der Waals surface area contributed by atoms with Crippen molar-refractivity contribution in [1.82, 2.24) is 20.4 Å². The predicted octanol–water partition coefficient (Wildman–Crippen LogP) is 3.17. The lowest BCUT2D eigenvalue weighted by Crippen LogP contribution is -2.41. The van der Waals surface area contributed by atoms with Crippen molar-refractivity contribution in [3.63, 3.8) is 0 Å². The van der Waals surface area contributed by atoms with Crippen LogP contribution in [-0.2, 0) is 20.9 Å². The Labute approximate surface area is 191 Å². The van der Waals surface area contributed by atoms with Crippen molar-refractivity contribution >= 4 is 24.0 Å². The van der Waals surface area contributed by atoms with Gasteiger partial charge in [-0.25, -0.2) is 9.59 Å². The van der Waals surface area contributed by atoms with E-state index in [1.807, 2.05) is 72.2 Å². The minimum atomic E-state index is -0.737.